The first-order valence-corrected chi connectivity index (χ1v) is 9.32. The van der Waals surface area contributed by atoms with E-state index in [1.54, 1.807) is 14.2 Å². The Bertz CT molecular complexity index is 523. The molecule has 0 spiro atoms. The Morgan fingerprint density at radius 3 is 2.44 bits per heavy atom. The summed E-state index contributed by atoms with van der Waals surface area (Å²) >= 11 is 0. The molecule has 1 aromatic rings. The number of ether oxygens (including phenoxy) is 3. The Morgan fingerprint density at radius 2 is 1.80 bits per heavy atom. The third-order valence-electron chi connectivity index (χ3n) is 4.58. The van der Waals surface area contributed by atoms with Crippen LogP contribution in [0.15, 0.2) is 18.2 Å². The van der Waals surface area contributed by atoms with E-state index >= 15 is 0 Å². The summed E-state index contributed by atoms with van der Waals surface area (Å²) < 4.78 is 16.1. The zero-order chi connectivity index (χ0) is 18.7. The number of hydrogen-bond acceptors (Lipinski definition) is 4. The van der Waals surface area contributed by atoms with Crippen LogP contribution >= 0.6 is 0 Å². The zero-order valence-corrected chi connectivity index (χ0v) is 16.5. The van der Waals surface area contributed by atoms with Crippen LogP contribution in [-0.4, -0.2) is 26.8 Å². The highest BCUT2D eigenvalue weighted by Crippen LogP contribution is 2.37. The lowest BCUT2D eigenvalue weighted by molar-refractivity contribution is -0.143. The number of esters is 1. The average molecular weight is 350 g/mol. The Kier molecular flexibility index (Phi) is 9.40. The topological polar surface area (TPSA) is 44.8 Å². The summed E-state index contributed by atoms with van der Waals surface area (Å²) in [5.41, 5.74) is 0.990. The second-order valence-corrected chi connectivity index (χ2v) is 7.08. The average Bonchev–Trinajstić information content (AvgIpc) is 2.60. The van der Waals surface area contributed by atoms with Crippen LogP contribution in [0.4, 0.5) is 0 Å². The van der Waals surface area contributed by atoms with Gasteiger partial charge in [0.2, 0.25) is 0 Å². The number of carbonyl (C=O) groups excluding carboxylic acids is 1. The van der Waals surface area contributed by atoms with E-state index in [4.69, 9.17) is 14.2 Å². The maximum Gasteiger partial charge on any atom is 0.305 e. The van der Waals surface area contributed by atoms with Gasteiger partial charge in [0.15, 0.2) is 0 Å². The highest BCUT2D eigenvalue weighted by atomic mass is 16.5. The second kappa shape index (κ2) is 11.0. The van der Waals surface area contributed by atoms with Crippen LogP contribution in [0.1, 0.15) is 71.3 Å². The summed E-state index contributed by atoms with van der Waals surface area (Å²) in [5, 5.41) is 0. The van der Waals surface area contributed by atoms with Crippen molar-refractivity contribution in [1.29, 1.82) is 0 Å². The number of hydrogen-bond donors (Lipinski definition) is 0. The molecule has 0 aliphatic rings. The molecular formula is C21H34O4. The maximum absolute atomic E-state index is 11.9. The van der Waals surface area contributed by atoms with Gasteiger partial charge in [-0.15, -0.1) is 0 Å². The van der Waals surface area contributed by atoms with Gasteiger partial charge < -0.3 is 14.2 Å². The Labute approximate surface area is 152 Å². The largest absolute Gasteiger partial charge is 0.497 e. The van der Waals surface area contributed by atoms with E-state index in [9.17, 15) is 4.79 Å². The van der Waals surface area contributed by atoms with Crippen molar-refractivity contribution in [2.45, 2.75) is 71.1 Å². The predicted octanol–water partition coefficient (Wildman–Crippen LogP) is 5.28. The minimum Gasteiger partial charge on any atom is -0.497 e. The standard InChI is InChI=1S/C21H34O4/c1-6-7-8-9-15-25-20(22)11-10-14-21(2,3)18-16-17(23-4)12-13-19(18)24-5/h12-13,16H,6-11,14-15H2,1-5H3. The summed E-state index contributed by atoms with van der Waals surface area (Å²) in [6.45, 7) is 7.05. The summed E-state index contributed by atoms with van der Waals surface area (Å²) in [4.78, 5) is 11.9. The van der Waals surface area contributed by atoms with Crippen LogP contribution in [0.25, 0.3) is 0 Å². The number of rotatable bonds is 12. The summed E-state index contributed by atoms with van der Waals surface area (Å²) in [6, 6.07) is 5.85. The van der Waals surface area contributed by atoms with E-state index in [0.29, 0.717) is 13.0 Å². The summed E-state index contributed by atoms with van der Waals surface area (Å²) in [6.07, 6.45) is 6.62. The molecule has 0 unspecified atom stereocenters. The predicted molar refractivity (Wildman–Crippen MR) is 102 cm³/mol. The van der Waals surface area contributed by atoms with Crippen LogP contribution in [-0.2, 0) is 14.9 Å². The fourth-order valence-electron chi connectivity index (χ4n) is 2.94. The van der Waals surface area contributed by atoms with E-state index in [2.05, 4.69) is 20.8 Å². The Balaban J connectivity index is 2.49. The van der Waals surface area contributed by atoms with Gasteiger partial charge in [-0.3, -0.25) is 4.79 Å². The van der Waals surface area contributed by atoms with Crippen molar-refractivity contribution in [2.24, 2.45) is 0 Å². The molecule has 0 radical (unpaired) electrons. The zero-order valence-electron chi connectivity index (χ0n) is 16.5. The lowest BCUT2D eigenvalue weighted by Crippen LogP contribution is -2.19. The molecule has 4 nitrogen and oxygen atoms in total. The minimum absolute atomic E-state index is 0.0927. The van der Waals surface area contributed by atoms with Crippen LogP contribution in [0.3, 0.4) is 0 Å². The molecule has 0 aliphatic heterocycles. The lowest BCUT2D eigenvalue weighted by Gasteiger charge is -2.27. The Morgan fingerprint density at radius 1 is 1.04 bits per heavy atom. The second-order valence-electron chi connectivity index (χ2n) is 7.08. The van der Waals surface area contributed by atoms with E-state index in [-0.39, 0.29) is 11.4 Å². The van der Waals surface area contributed by atoms with Gasteiger partial charge in [-0.25, -0.2) is 0 Å². The molecule has 0 aliphatic carbocycles. The van der Waals surface area contributed by atoms with Crippen LogP contribution < -0.4 is 9.47 Å². The van der Waals surface area contributed by atoms with Gasteiger partial charge in [-0.2, -0.15) is 0 Å². The normalized spacial score (nSPS) is 11.2. The van der Waals surface area contributed by atoms with Crippen molar-refractivity contribution in [3.63, 3.8) is 0 Å². The fourth-order valence-corrected chi connectivity index (χ4v) is 2.94. The number of methoxy groups -OCH3 is 2. The van der Waals surface area contributed by atoms with Crippen LogP contribution in [0.2, 0.25) is 0 Å². The molecular weight excluding hydrogens is 316 g/mol. The molecule has 1 aromatic carbocycles. The fraction of sp³-hybridized carbons (Fsp3) is 0.667. The van der Waals surface area contributed by atoms with E-state index < -0.39 is 0 Å². The number of benzene rings is 1. The van der Waals surface area contributed by atoms with Gasteiger partial charge >= 0.3 is 5.97 Å². The molecule has 0 amide bonds. The molecule has 0 heterocycles. The van der Waals surface area contributed by atoms with Crippen LogP contribution in [0.5, 0.6) is 11.5 Å². The van der Waals surface area contributed by atoms with Gasteiger partial charge in [0, 0.05) is 12.0 Å². The quantitative estimate of drug-likeness (QED) is 0.380. The van der Waals surface area contributed by atoms with Crippen molar-refractivity contribution in [1.82, 2.24) is 0 Å². The maximum atomic E-state index is 11.9. The van der Waals surface area contributed by atoms with E-state index in [1.165, 1.54) is 12.8 Å². The first kappa shape index (κ1) is 21.3. The molecule has 142 valence electrons. The molecule has 0 aromatic heterocycles. The molecule has 0 N–H and O–H groups in total. The highest BCUT2D eigenvalue weighted by molar-refractivity contribution is 5.69. The number of unbranched alkanes of at least 4 members (excludes halogenated alkanes) is 3. The molecule has 25 heavy (non-hydrogen) atoms. The molecule has 1 rings (SSSR count). The molecule has 0 saturated carbocycles. The van der Waals surface area contributed by atoms with Crippen molar-refractivity contribution < 1.29 is 19.0 Å². The van der Waals surface area contributed by atoms with Crippen LogP contribution in [0, 0.1) is 0 Å². The van der Waals surface area contributed by atoms with Crippen molar-refractivity contribution in [2.75, 3.05) is 20.8 Å². The summed E-state index contributed by atoms with van der Waals surface area (Å²) in [7, 11) is 3.34. The lowest BCUT2D eigenvalue weighted by atomic mass is 9.79. The smallest absolute Gasteiger partial charge is 0.305 e. The molecule has 4 heteroatoms. The molecule has 0 fully saturated rings. The van der Waals surface area contributed by atoms with Gasteiger partial charge in [-0.1, -0.05) is 40.0 Å². The van der Waals surface area contributed by atoms with Gasteiger partial charge in [0.25, 0.3) is 0 Å². The highest BCUT2D eigenvalue weighted by Gasteiger charge is 2.25. The van der Waals surface area contributed by atoms with Gasteiger partial charge in [0.1, 0.15) is 11.5 Å². The number of carbonyl (C=O) groups is 1. The third-order valence-corrected chi connectivity index (χ3v) is 4.58. The van der Waals surface area contributed by atoms with E-state index in [1.807, 2.05) is 18.2 Å². The first-order valence-electron chi connectivity index (χ1n) is 9.32. The van der Waals surface area contributed by atoms with E-state index in [0.717, 1.165) is 42.7 Å². The molecule has 0 bridgehead atoms. The Hall–Kier alpha value is -1.71. The van der Waals surface area contributed by atoms with Gasteiger partial charge in [0.05, 0.1) is 20.8 Å². The SMILES string of the molecule is CCCCCCOC(=O)CCCC(C)(C)c1cc(OC)ccc1OC. The molecule has 0 saturated heterocycles. The van der Waals surface area contributed by atoms with Gasteiger partial charge in [-0.05, 0) is 42.9 Å². The first-order chi connectivity index (χ1) is 11.9. The van der Waals surface area contributed by atoms with Crippen molar-refractivity contribution in [3.05, 3.63) is 23.8 Å². The summed E-state index contributed by atoms with van der Waals surface area (Å²) in [5.74, 6) is 1.57. The minimum atomic E-state index is -0.110. The van der Waals surface area contributed by atoms with Crippen molar-refractivity contribution in [3.8, 4) is 11.5 Å². The molecule has 0 atom stereocenters. The van der Waals surface area contributed by atoms with Crippen molar-refractivity contribution >= 4 is 5.97 Å². The third kappa shape index (κ3) is 7.37. The monoisotopic (exact) mass is 350 g/mol.